The Morgan fingerprint density at radius 2 is 1.78 bits per heavy atom. The van der Waals surface area contributed by atoms with Gasteiger partial charge in [-0.3, -0.25) is 9.59 Å². The van der Waals surface area contributed by atoms with Crippen molar-refractivity contribution >= 4 is 29.1 Å². The van der Waals surface area contributed by atoms with Gasteiger partial charge >= 0.3 is 0 Å². The Morgan fingerprint density at radius 1 is 1.11 bits per heavy atom. The van der Waals surface area contributed by atoms with Crippen molar-refractivity contribution < 1.29 is 14.3 Å². The molecule has 0 unspecified atom stereocenters. The summed E-state index contributed by atoms with van der Waals surface area (Å²) in [7, 11) is 0. The summed E-state index contributed by atoms with van der Waals surface area (Å²) in [6.45, 7) is 6.35. The second kappa shape index (κ2) is 9.97. The first-order chi connectivity index (χ1) is 12.9. The minimum absolute atomic E-state index is 0.0604. The predicted molar refractivity (Wildman–Crippen MR) is 109 cm³/mol. The molecule has 6 heteroatoms. The first-order valence-corrected chi connectivity index (χ1v) is 9.28. The van der Waals surface area contributed by atoms with Gasteiger partial charge in [0, 0.05) is 30.7 Å². The molecule has 0 saturated heterocycles. The molecule has 0 saturated carbocycles. The van der Waals surface area contributed by atoms with Crippen molar-refractivity contribution in [3.05, 3.63) is 59.1 Å². The van der Waals surface area contributed by atoms with Crippen LogP contribution in [0.3, 0.4) is 0 Å². The van der Waals surface area contributed by atoms with Gasteiger partial charge in [-0.25, -0.2) is 0 Å². The molecule has 0 aromatic heterocycles. The number of ether oxygens (including phenoxy) is 1. The summed E-state index contributed by atoms with van der Waals surface area (Å²) in [5.74, 6) is 0.566. The number of nitrogens with one attached hydrogen (secondary N) is 1. The van der Waals surface area contributed by atoms with E-state index in [-0.39, 0.29) is 18.4 Å². The molecule has 0 heterocycles. The van der Waals surface area contributed by atoms with Crippen molar-refractivity contribution in [2.45, 2.75) is 26.7 Å². The zero-order chi connectivity index (χ0) is 19.8. The summed E-state index contributed by atoms with van der Waals surface area (Å²) in [5.41, 5.74) is 1.98. The minimum atomic E-state index is -0.245. The van der Waals surface area contributed by atoms with Crippen LogP contribution in [0.1, 0.15) is 32.3 Å². The number of hydrogen-bond donors (Lipinski definition) is 1. The molecule has 2 aromatic carbocycles. The van der Waals surface area contributed by atoms with E-state index in [1.54, 1.807) is 29.2 Å². The standard InChI is InChI=1S/C21H25ClN2O3/c1-15(2)19-6-4-5-7-20(19)24(16(3)25)13-12-23-21(26)14-27-18-10-8-17(22)9-11-18/h4-11,15H,12-14H2,1-3H3,(H,23,26). The first-order valence-electron chi connectivity index (χ1n) is 8.90. The van der Waals surface area contributed by atoms with Crippen LogP contribution in [-0.4, -0.2) is 31.5 Å². The molecule has 5 nitrogen and oxygen atoms in total. The maximum absolute atomic E-state index is 12.1. The van der Waals surface area contributed by atoms with Crippen LogP contribution >= 0.6 is 11.6 Å². The van der Waals surface area contributed by atoms with E-state index >= 15 is 0 Å². The quantitative estimate of drug-likeness (QED) is 0.743. The van der Waals surface area contributed by atoms with Gasteiger partial charge in [-0.15, -0.1) is 0 Å². The molecule has 0 atom stereocenters. The number of benzene rings is 2. The second-order valence-electron chi connectivity index (χ2n) is 6.48. The van der Waals surface area contributed by atoms with E-state index in [0.717, 1.165) is 11.3 Å². The first kappa shape index (κ1) is 20.8. The lowest BCUT2D eigenvalue weighted by Gasteiger charge is -2.25. The molecular formula is C21H25ClN2O3. The number of carbonyl (C=O) groups is 2. The maximum Gasteiger partial charge on any atom is 0.258 e. The van der Waals surface area contributed by atoms with Gasteiger partial charge in [0.25, 0.3) is 5.91 Å². The van der Waals surface area contributed by atoms with Crippen LogP contribution in [0.15, 0.2) is 48.5 Å². The number of anilines is 1. The van der Waals surface area contributed by atoms with E-state index in [4.69, 9.17) is 16.3 Å². The Labute approximate surface area is 165 Å². The highest BCUT2D eigenvalue weighted by molar-refractivity contribution is 6.30. The summed E-state index contributed by atoms with van der Waals surface area (Å²) in [4.78, 5) is 25.8. The number of amides is 2. The van der Waals surface area contributed by atoms with Gasteiger partial charge in [-0.1, -0.05) is 43.6 Å². The Kier molecular flexibility index (Phi) is 7.67. The highest BCUT2D eigenvalue weighted by Gasteiger charge is 2.16. The van der Waals surface area contributed by atoms with Gasteiger partial charge in [0.15, 0.2) is 6.61 Å². The third kappa shape index (κ3) is 6.29. The zero-order valence-electron chi connectivity index (χ0n) is 15.9. The predicted octanol–water partition coefficient (Wildman–Crippen LogP) is 4.01. The lowest BCUT2D eigenvalue weighted by Crippen LogP contribution is -2.39. The number of hydrogen-bond acceptors (Lipinski definition) is 3. The van der Waals surface area contributed by atoms with Crippen molar-refractivity contribution in [1.29, 1.82) is 0 Å². The van der Waals surface area contributed by atoms with Crippen molar-refractivity contribution in [2.24, 2.45) is 0 Å². The Bertz CT molecular complexity index is 775. The molecule has 2 amide bonds. The molecule has 0 fully saturated rings. The van der Waals surface area contributed by atoms with E-state index in [1.807, 2.05) is 24.3 Å². The van der Waals surface area contributed by atoms with E-state index in [0.29, 0.717) is 29.8 Å². The largest absolute Gasteiger partial charge is 0.484 e. The zero-order valence-corrected chi connectivity index (χ0v) is 16.6. The van der Waals surface area contributed by atoms with Gasteiger partial charge in [-0.2, -0.15) is 0 Å². The highest BCUT2D eigenvalue weighted by atomic mass is 35.5. The fourth-order valence-corrected chi connectivity index (χ4v) is 2.83. The molecule has 144 valence electrons. The Hall–Kier alpha value is -2.53. The second-order valence-corrected chi connectivity index (χ2v) is 6.91. The molecule has 0 spiro atoms. The van der Waals surface area contributed by atoms with Crippen molar-refractivity contribution in [3.8, 4) is 5.75 Å². The van der Waals surface area contributed by atoms with Crippen LogP contribution in [0.5, 0.6) is 5.75 Å². The smallest absolute Gasteiger partial charge is 0.258 e. The van der Waals surface area contributed by atoms with Gasteiger partial charge in [-0.05, 0) is 41.8 Å². The molecule has 2 aromatic rings. The molecule has 0 bridgehead atoms. The average Bonchev–Trinajstić information content (AvgIpc) is 2.64. The summed E-state index contributed by atoms with van der Waals surface area (Å²) in [5, 5.41) is 3.39. The van der Waals surface area contributed by atoms with Crippen LogP contribution in [0, 0.1) is 0 Å². The van der Waals surface area contributed by atoms with Crippen molar-refractivity contribution in [2.75, 3.05) is 24.6 Å². The van der Waals surface area contributed by atoms with E-state index in [2.05, 4.69) is 19.2 Å². The molecule has 0 aliphatic carbocycles. The van der Waals surface area contributed by atoms with Gasteiger partial charge in [0.2, 0.25) is 5.91 Å². The number of rotatable bonds is 8. The summed E-state index contributed by atoms with van der Waals surface area (Å²) < 4.78 is 5.41. The van der Waals surface area contributed by atoms with E-state index in [1.165, 1.54) is 6.92 Å². The SMILES string of the molecule is CC(=O)N(CCNC(=O)COc1ccc(Cl)cc1)c1ccccc1C(C)C. The summed E-state index contributed by atoms with van der Waals surface area (Å²) in [6, 6.07) is 14.6. The van der Waals surface area contributed by atoms with Crippen molar-refractivity contribution in [3.63, 3.8) is 0 Å². The molecule has 0 radical (unpaired) electrons. The summed E-state index contributed by atoms with van der Waals surface area (Å²) in [6.07, 6.45) is 0. The fourth-order valence-electron chi connectivity index (χ4n) is 2.71. The molecule has 0 aliphatic heterocycles. The summed E-state index contributed by atoms with van der Waals surface area (Å²) >= 11 is 5.81. The molecule has 27 heavy (non-hydrogen) atoms. The number of para-hydroxylation sites is 1. The monoisotopic (exact) mass is 388 g/mol. The third-order valence-corrected chi connectivity index (χ3v) is 4.32. The minimum Gasteiger partial charge on any atom is -0.484 e. The third-order valence-electron chi connectivity index (χ3n) is 4.07. The Balaban J connectivity index is 1.88. The van der Waals surface area contributed by atoms with Gasteiger partial charge < -0.3 is 15.0 Å². The number of nitrogens with zero attached hydrogens (tertiary/aromatic N) is 1. The molecule has 1 N–H and O–H groups in total. The number of halogens is 1. The van der Waals surface area contributed by atoms with Gasteiger partial charge in [0.1, 0.15) is 5.75 Å². The van der Waals surface area contributed by atoms with Crippen LogP contribution in [0.2, 0.25) is 5.02 Å². The van der Waals surface area contributed by atoms with Crippen molar-refractivity contribution in [1.82, 2.24) is 5.32 Å². The molecule has 0 aliphatic rings. The molecule has 2 rings (SSSR count). The van der Waals surface area contributed by atoms with Gasteiger partial charge in [0.05, 0.1) is 0 Å². The normalized spacial score (nSPS) is 10.6. The van der Waals surface area contributed by atoms with Crippen LogP contribution < -0.4 is 15.0 Å². The number of carbonyl (C=O) groups excluding carboxylic acids is 2. The van der Waals surface area contributed by atoms with E-state index in [9.17, 15) is 9.59 Å². The van der Waals surface area contributed by atoms with E-state index < -0.39 is 0 Å². The van der Waals surface area contributed by atoms with Crippen LogP contribution in [-0.2, 0) is 9.59 Å². The maximum atomic E-state index is 12.1. The van der Waals surface area contributed by atoms with Crippen LogP contribution in [0.4, 0.5) is 5.69 Å². The lowest BCUT2D eigenvalue weighted by molar-refractivity contribution is -0.123. The Morgan fingerprint density at radius 3 is 2.41 bits per heavy atom. The van der Waals surface area contributed by atoms with Crippen LogP contribution in [0.25, 0.3) is 0 Å². The lowest BCUT2D eigenvalue weighted by atomic mass is 10.0. The molecular weight excluding hydrogens is 364 g/mol. The fraction of sp³-hybridized carbons (Fsp3) is 0.333. The topological polar surface area (TPSA) is 58.6 Å². The highest BCUT2D eigenvalue weighted by Crippen LogP contribution is 2.27. The average molecular weight is 389 g/mol.